The van der Waals surface area contributed by atoms with Gasteiger partial charge in [0.2, 0.25) is 0 Å². The largest absolute Gasteiger partial charge is 0.508 e. The van der Waals surface area contributed by atoms with Gasteiger partial charge in [0.05, 0.1) is 26.4 Å². The summed E-state index contributed by atoms with van der Waals surface area (Å²) < 4.78 is 17.3. The second-order valence-corrected chi connectivity index (χ2v) is 9.77. The van der Waals surface area contributed by atoms with Crippen LogP contribution >= 0.6 is 11.3 Å². The zero-order chi connectivity index (χ0) is 25.1. The van der Waals surface area contributed by atoms with E-state index in [1.165, 1.54) is 11.3 Å². The summed E-state index contributed by atoms with van der Waals surface area (Å²) in [7, 11) is 1.57. The predicted molar refractivity (Wildman–Crippen MR) is 137 cm³/mol. The number of ether oxygens (including phenoxy) is 3. The highest BCUT2D eigenvalue weighted by atomic mass is 32.1. The summed E-state index contributed by atoms with van der Waals surface area (Å²) in [5.41, 5.74) is 0.676. The molecule has 3 aromatic rings. The number of nitrogens with one attached hydrogen (secondary N) is 2. The first-order valence-corrected chi connectivity index (χ1v) is 12.6. The Hall–Kier alpha value is -3.63. The molecule has 36 heavy (non-hydrogen) atoms. The number of benzene rings is 2. The number of thiazole rings is 1. The Morgan fingerprint density at radius 2 is 2.11 bits per heavy atom. The molecule has 2 aliphatic heterocycles. The van der Waals surface area contributed by atoms with E-state index < -0.39 is 5.54 Å². The van der Waals surface area contributed by atoms with Gasteiger partial charge in [0.1, 0.15) is 27.9 Å². The molecule has 1 fully saturated rings. The molecule has 1 saturated heterocycles. The van der Waals surface area contributed by atoms with Gasteiger partial charge in [-0.1, -0.05) is 18.2 Å². The lowest BCUT2D eigenvalue weighted by Gasteiger charge is -2.44. The Bertz CT molecular complexity index is 1260. The molecule has 1 amide bonds. The topological polar surface area (TPSA) is 114 Å². The Labute approximate surface area is 213 Å². The number of hydrogen-bond acceptors (Lipinski definition) is 9. The summed E-state index contributed by atoms with van der Waals surface area (Å²) in [6, 6.07) is 14.1. The quantitative estimate of drug-likeness (QED) is 0.463. The van der Waals surface area contributed by atoms with Crippen molar-refractivity contribution in [3.63, 3.8) is 0 Å². The summed E-state index contributed by atoms with van der Waals surface area (Å²) in [5.74, 6) is 1.23. The maximum atomic E-state index is 12.7. The van der Waals surface area contributed by atoms with Crippen molar-refractivity contribution < 1.29 is 24.1 Å². The van der Waals surface area contributed by atoms with Gasteiger partial charge in [0.15, 0.2) is 0 Å². The molecule has 3 atom stereocenters. The molecule has 0 spiro atoms. The fourth-order valence-corrected chi connectivity index (χ4v) is 5.48. The predicted octanol–water partition coefficient (Wildman–Crippen LogP) is 3.91. The minimum absolute atomic E-state index is 0.0646. The summed E-state index contributed by atoms with van der Waals surface area (Å²) in [6.45, 7) is 3.28. The minimum atomic E-state index is -0.745. The third-order valence-corrected chi connectivity index (χ3v) is 7.47. The third kappa shape index (κ3) is 4.87. The number of amides is 1. The number of nitrogens with zero attached hydrogens (tertiary/aromatic N) is 2. The number of rotatable bonds is 6. The third-order valence-electron chi connectivity index (χ3n) is 6.46. The van der Waals surface area contributed by atoms with Crippen LogP contribution in [0.3, 0.4) is 0 Å². The molecule has 0 bridgehead atoms. The highest BCUT2D eigenvalue weighted by Gasteiger charge is 2.50. The smallest absolute Gasteiger partial charge is 0.292 e. The maximum Gasteiger partial charge on any atom is 0.292 e. The monoisotopic (exact) mass is 508 g/mol. The van der Waals surface area contributed by atoms with Gasteiger partial charge < -0.3 is 24.6 Å². The molecule has 9 nitrogen and oxygen atoms in total. The van der Waals surface area contributed by atoms with E-state index >= 15 is 0 Å². The standard InChI is InChI=1S/C26H28N4O5S/c1-16-10-19-13-34-25(29-23(32)17-6-4-3-5-7-17)30-26(19,15-35-16)24-28-22(14-36-24)27-12-18-8-9-20(31)11-21(18)33-2/h3-9,11,14,16,19,27,31H,10,12-13,15H2,1-2H3,(H,29,30,32)/t16-,19-,26-/m0/s1. The number of anilines is 1. The second kappa shape index (κ2) is 10.2. The number of fused-ring (bicyclic) bond motifs is 1. The second-order valence-electron chi connectivity index (χ2n) is 8.91. The number of aromatic nitrogens is 1. The number of amidine groups is 1. The van der Waals surface area contributed by atoms with Gasteiger partial charge in [0.25, 0.3) is 11.9 Å². The fraction of sp³-hybridized carbons (Fsp3) is 0.346. The van der Waals surface area contributed by atoms with Crippen LogP contribution in [0.15, 0.2) is 58.9 Å². The molecular weight excluding hydrogens is 480 g/mol. The van der Waals surface area contributed by atoms with Crippen molar-refractivity contribution in [1.29, 1.82) is 0 Å². The molecule has 3 N–H and O–H groups in total. The van der Waals surface area contributed by atoms with Crippen molar-refractivity contribution in [3.05, 3.63) is 70.0 Å². The van der Waals surface area contributed by atoms with Crippen LogP contribution in [0.4, 0.5) is 5.82 Å². The van der Waals surface area contributed by atoms with Gasteiger partial charge in [-0.3, -0.25) is 10.1 Å². The first-order valence-electron chi connectivity index (χ1n) is 11.7. The van der Waals surface area contributed by atoms with Crippen LogP contribution in [0.1, 0.15) is 34.3 Å². The van der Waals surface area contributed by atoms with E-state index in [1.54, 1.807) is 31.4 Å². The summed E-state index contributed by atoms with van der Waals surface area (Å²) >= 11 is 1.50. The maximum absolute atomic E-state index is 12.7. The van der Waals surface area contributed by atoms with Gasteiger partial charge >= 0.3 is 0 Å². The van der Waals surface area contributed by atoms with Crippen LogP contribution in [-0.2, 0) is 21.6 Å². The highest BCUT2D eigenvalue weighted by Crippen LogP contribution is 2.45. The zero-order valence-electron chi connectivity index (χ0n) is 20.1. The summed E-state index contributed by atoms with van der Waals surface area (Å²) in [5, 5.41) is 18.6. The van der Waals surface area contributed by atoms with Crippen LogP contribution in [0.25, 0.3) is 0 Å². The van der Waals surface area contributed by atoms with Crippen molar-refractivity contribution in [2.75, 3.05) is 25.6 Å². The molecule has 10 heteroatoms. The van der Waals surface area contributed by atoms with E-state index in [9.17, 15) is 9.90 Å². The molecule has 2 aromatic carbocycles. The lowest BCUT2D eigenvalue weighted by atomic mass is 9.79. The van der Waals surface area contributed by atoms with Crippen molar-refractivity contribution in [2.24, 2.45) is 10.9 Å². The van der Waals surface area contributed by atoms with E-state index in [0.29, 0.717) is 36.9 Å². The number of hydrogen-bond donors (Lipinski definition) is 3. The highest BCUT2D eigenvalue weighted by molar-refractivity contribution is 7.10. The molecule has 188 valence electrons. The number of phenols is 1. The van der Waals surface area contributed by atoms with Crippen LogP contribution < -0.4 is 15.4 Å². The first kappa shape index (κ1) is 24.1. The van der Waals surface area contributed by atoms with E-state index in [-0.39, 0.29) is 29.7 Å². The Balaban J connectivity index is 1.38. The molecule has 0 aliphatic carbocycles. The lowest BCUT2D eigenvalue weighted by molar-refractivity contribution is -0.0739. The lowest BCUT2D eigenvalue weighted by Crippen LogP contribution is -2.52. The molecule has 0 radical (unpaired) electrons. The van der Waals surface area contributed by atoms with E-state index in [2.05, 4.69) is 10.6 Å². The van der Waals surface area contributed by atoms with E-state index in [1.807, 2.05) is 36.6 Å². The molecule has 0 unspecified atom stereocenters. The average Bonchev–Trinajstić information content (AvgIpc) is 3.38. The Morgan fingerprint density at radius 3 is 2.92 bits per heavy atom. The number of methoxy groups -OCH3 is 1. The van der Waals surface area contributed by atoms with Crippen molar-refractivity contribution in [1.82, 2.24) is 10.3 Å². The average molecular weight is 509 g/mol. The van der Waals surface area contributed by atoms with Gasteiger partial charge in [0, 0.05) is 35.0 Å². The summed E-state index contributed by atoms with van der Waals surface area (Å²) in [4.78, 5) is 22.5. The normalized spacial score (nSPS) is 23.1. The fourth-order valence-electron chi connectivity index (χ4n) is 4.50. The number of carbonyl (C=O) groups excluding carboxylic acids is 1. The van der Waals surface area contributed by atoms with Crippen LogP contribution in [-0.4, -0.2) is 48.4 Å². The first-order chi connectivity index (χ1) is 17.5. The van der Waals surface area contributed by atoms with Crippen molar-refractivity contribution in [3.8, 4) is 11.5 Å². The Morgan fingerprint density at radius 1 is 1.28 bits per heavy atom. The minimum Gasteiger partial charge on any atom is -0.508 e. The van der Waals surface area contributed by atoms with Crippen LogP contribution in [0.2, 0.25) is 0 Å². The number of carbonyl (C=O) groups is 1. The van der Waals surface area contributed by atoms with Crippen molar-refractivity contribution in [2.45, 2.75) is 31.5 Å². The van der Waals surface area contributed by atoms with Gasteiger partial charge in [-0.2, -0.15) is 0 Å². The zero-order valence-corrected chi connectivity index (χ0v) is 20.9. The van der Waals surface area contributed by atoms with Gasteiger partial charge in [-0.05, 0) is 37.6 Å². The molecule has 1 aromatic heterocycles. The van der Waals surface area contributed by atoms with Gasteiger partial charge in [-0.15, -0.1) is 11.3 Å². The van der Waals surface area contributed by atoms with Crippen LogP contribution in [0.5, 0.6) is 11.5 Å². The molecule has 3 heterocycles. The van der Waals surface area contributed by atoms with E-state index in [4.69, 9.17) is 24.2 Å². The van der Waals surface area contributed by atoms with Gasteiger partial charge in [-0.25, -0.2) is 9.98 Å². The number of phenolic OH excluding ortho intramolecular Hbond substituents is 1. The SMILES string of the molecule is COc1cc(O)ccc1CNc1csc([C@]23CO[C@@H](C)C[C@H]2COC(NC(=O)c2ccccc2)=N3)n1. The number of aromatic hydroxyl groups is 1. The molecule has 2 aliphatic rings. The van der Waals surface area contributed by atoms with Crippen LogP contribution in [0, 0.1) is 5.92 Å². The molecule has 5 rings (SSSR count). The summed E-state index contributed by atoms with van der Waals surface area (Å²) in [6.07, 6.45) is 0.859. The number of aliphatic imine (C=N–C) groups is 1. The molecular formula is C26H28N4O5S. The van der Waals surface area contributed by atoms with Crippen molar-refractivity contribution >= 4 is 29.1 Å². The molecule has 0 saturated carbocycles. The van der Waals surface area contributed by atoms with E-state index in [0.717, 1.165) is 17.0 Å². The Kier molecular flexibility index (Phi) is 6.80.